The van der Waals surface area contributed by atoms with E-state index < -0.39 is 5.97 Å². The SMILES string of the molecule is COC(=O)c1cc(C)c(=O)[nH]n1. The Bertz CT molecular complexity index is 356. The Morgan fingerprint density at radius 2 is 2.33 bits per heavy atom. The summed E-state index contributed by atoms with van der Waals surface area (Å²) in [5.74, 6) is -0.561. The van der Waals surface area contributed by atoms with Gasteiger partial charge in [0.25, 0.3) is 5.56 Å². The number of esters is 1. The van der Waals surface area contributed by atoms with Gasteiger partial charge in [0, 0.05) is 5.56 Å². The molecular weight excluding hydrogens is 160 g/mol. The van der Waals surface area contributed by atoms with Crippen LogP contribution in [0.15, 0.2) is 10.9 Å². The lowest BCUT2D eigenvalue weighted by atomic mass is 10.3. The third-order valence-electron chi connectivity index (χ3n) is 1.38. The molecule has 0 aliphatic heterocycles. The zero-order valence-electron chi connectivity index (χ0n) is 6.75. The van der Waals surface area contributed by atoms with Crippen LogP contribution >= 0.6 is 0 Å². The molecular formula is C7H8N2O3. The quantitative estimate of drug-likeness (QED) is 0.592. The Hall–Kier alpha value is -1.65. The average Bonchev–Trinajstić information content (AvgIpc) is 2.08. The standard InChI is InChI=1S/C7H8N2O3/c1-4-3-5(7(11)12-2)8-9-6(4)10/h3H,1-2H3,(H,9,10). The normalized spacial score (nSPS) is 9.50. The highest BCUT2D eigenvalue weighted by molar-refractivity contribution is 5.86. The molecule has 1 rings (SSSR count). The van der Waals surface area contributed by atoms with Crippen LogP contribution in [0.5, 0.6) is 0 Å². The number of nitrogens with one attached hydrogen (secondary N) is 1. The van der Waals surface area contributed by atoms with E-state index in [1.165, 1.54) is 13.2 Å². The fraction of sp³-hybridized carbons (Fsp3) is 0.286. The number of H-pyrrole nitrogens is 1. The van der Waals surface area contributed by atoms with Gasteiger partial charge in [-0.3, -0.25) is 4.79 Å². The number of hydrogen-bond acceptors (Lipinski definition) is 4. The van der Waals surface area contributed by atoms with Gasteiger partial charge in [-0.2, -0.15) is 5.10 Å². The van der Waals surface area contributed by atoms with Gasteiger partial charge in [-0.15, -0.1) is 0 Å². The van der Waals surface area contributed by atoms with Crippen LogP contribution in [0.25, 0.3) is 0 Å². The topological polar surface area (TPSA) is 72.1 Å². The molecule has 12 heavy (non-hydrogen) atoms. The number of aryl methyl sites for hydroxylation is 1. The lowest BCUT2D eigenvalue weighted by Crippen LogP contribution is -2.15. The summed E-state index contributed by atoms with van der Waals surface area (Å²) in [6.45, 7) is 1.59. The number of aromatic amines is 1. The Balaban J connectivity index is 3.13. The zero-order chi connectivity index (χ0) is 9.14. The molecule has 1 aromatic rings. The van der Waals surface area contributed by atoms with E-state index in [1.807, 2.05) is 0 Å². The van der Waals surface area contributed by atoms with Crippen molar-refractivity contribution in [1.82, 2.24) is 10.2 Å². The third kappa shape index (κ3) is 1.50. The molecule has 0 unspecified atom stereocenters. The highest BCUT2D eigenvalue weighted by Crippen LogP contribution is 1.94. The molecule has 0 aliphatic rings. The second kappa shape index (κ2) is 3.17. The fourth-order valence-corrected chi connectivity index (χ4v) is 0.711. The van der Waals surface area contributed by atoms with Gasteiger partial charge in [-0.05, 0) is 13.0 Å². The number of methoxy groups -OCH3 is 1. The van der Waals surface area contributed by atoms with Gasteiger partial charge in [-0.1, -0.05) is 0 Å². The molecule has 0 bridgehead atoms. The van der Waals surface area contributed by atoms with Crippen molar-refractivity contribution in [3.63, 3.8) is 0 Å². The summed E-state index contributed by atoms with van der Waals surface area (Å²) in [5, 5.41) is 5.67. The predicted octanol–water partition coefficient (Wildman–Crippen LogP) is -0.135. The number of hydrogen-bond donors (Lipinski definition) is 1. The van der Waals surface area contributed by atoms with Crippen molar-refractivity contribution < 1.29 is 9.53 Å². The monoisotopic (exact) mass is 168 g/mol. The van der Waals surface area contributed by atoms with E-state index in [2.05, 4.69) is 14.9 Å². The molecule has 0 spiro atoms. The van der Waals surface area contributed by atoms with E-state index in [1.54, 1.807) is 6.92 Å². The van der Waals surface area contributed by atoms with Crippen molar-refractivity contribution >= 4 is 5.97 Å². The molecule has 1 N–H and O–H groups in total. The third-order valence-corrected chi connectivity index (χ3v) is 1.38. The van der Waals surface area contributed by atoms with E-state index in [9.17, 15) is 9.59 Å². The van der Waals surface area contributed by atoms with E-state index in [4.69, 9.17) is 0 Å². The summed E-state index contributed by atoms with van der Waals surface area (Å²) in [4.78, 5) is 21.7. The summed E-state index contributed by atoms with van der Waals surface area (Å²) < 4.78 is 4.41. The second-order valence-electron chi connectivity index (χ2n) is 2.26. The Morgan fingerprint density at radius 3 is 2.83 bits per heavy atom. The predicted molar refractivity (Wildman–Crippen MR) is 40.9 cm³/mol. The van der Waals surface area contributed by atoms with Gasteiger partial charge < -0.3 is 4.74 Å². The first kappa shape index (κ1) is 8.45. The number of carbonyl (C=O) groups excluding carboxylic acids is 1. The van der Waals surface area contributed by atoms with E-state index >= 15 is 0 Å². The molecule has 0 saturated carbocycles. The molecule has 5 nitrogen and oxygen atoms in total. The van der Waals surface area contributed by atoms with Crippen LogP contribution < -0.4 is 5.56 Å². The Morgan fingerprint density at radius 1 is 1.67 bits per heavy atom. The van der Waals surface area contributed by atoms with E-state index in [0.717, 1.165) is 0 Å². The second-order valence-corrected chi connectivity index (χ2v) is 2.26. The van der Waals surface area contributed by atoms with Crippen LogP contribution in [0, 0.1) is 6.92 Å². The van der Waals surface area contributed by atoms with Gasteiger partial charge in [0.2, 0.25) is 0 Å². The van der Waals surface area contributed by atoms with Crippen molar-refractivity contribution in [1.29, 1.82) is 0 Å². The minimum Gasteiger partial charge on any atom is -0.464 e. The first-order valence-electron chi connectivity index (χ1n) is 3.30. The molecule has 0 atom stereocenters. The molecule has 1 aromatic heterocycles. The minimum absolute atomic E-state index is 0.106. The van der Waals surface area contributed by atoms with Crippen LogP contribution in [-0.4, -0.2) is 23.3 Å². The van der Waals surface area contributed by atoms with Gasteiger partial charge >= 0.3 is 5.97 Å². The molecule has 0 radical (unpaired) electrons. The maximum Gasteiger partial charge on any atom is 0.358 e. The minimum atomic E-state index is -0.561. The van der Waals surface area contributed by atoms with Crippen molar-refractivity contribution in [2.45, 2.75) is 6.92 Å². The van der Waals surface area contributed by atoms with Gasteiger partial charge in [0.1, 0.15) is 0 Å². The van der Waals surface area contributed by atoms with Gasteiger partial charge in [-0.25, -0.2) is 9.89 Å². The van der Waals surface area contributed by atoms with E-state index in [0.29, 0.717) is 5.56 Å². The van der Waals surface area contributed by atoms with Crippen molar-refractivity contribution in [3.8, 4) is 0 Å². The number of ether oxygens (including phenoxy) is 1. The first-order chi connectivity index (χ1) is 5.65. The highest BCUT2D eigenvalue weighted by Gasteiger charge is 2.07. The summed E-state index contributed by atoms with van der Waals surface area (Å²) in [6, 6.07) is 1.38. The number of aromatic nitrogens is 2. The Labute approximate surface area is 68.4 Å². The molecule has 0 aliphatic carbocycles. The van der Waals surface area contributed by atoms with Crippen LogP contribution in [-0.2, 0) is 4.74 Å². The first-order valence-corrected chi connectivity index (χ1v) is 3.30. The summed E-state index contributed by atoms with van der Waals surface area (Å²) in [5.41, 5.74) is 0.239. The molecule has 0 saturated heterocycles. The van der Waals surface area contributed by atoms with Crippen molar-refractivity contribution in [3.05, 3.63) is 27.7 Å². The number of carbonyl (C=O) groups is 1. The van der Waals surface area contributed by atoms with Crippen molar-refractivity contribution in [2.75, 3.05) is 7.11 Å². The molecule has 1 heterocycles. The summed E-state index contributed by atoms with van der Waals surface area (Å²) in [6.07, 6.45) is 0. The lowest BCUT2D eigenvalue weighted by molar-refractivity contribution is 0.0592. The fourth-order valence-electron chi connectivity index (χ4n) is 0.711. The van der Waals surface area contributed by atoms with Crippen LogP contribution in [0.1, 0.15) is 16.1 Å². The van der Waals surface area contributed by atoms with Gasteiger partial charge in [0.15, 0.2) is 5.69 Å². The van der Waals surface area contributed by atoms with Crippen molar-refractivity contribution in [2.24, 2.45) is 0 Å². The maximum atomic E-state index is 10.9. The smallest absolute Gasteiger partial charge is 0.358 e. The average molecular weight is 168 g/mol. The van der Waals surface area contributed by atoms with Crippen LogP contribution in [0.4, 0.5) is 0 Å². The highest BCUT2D eigenvalue weighted by atomic mass is 16.5. The Kier molecular flexibility index (Phi) is 2.23. The summed E-state index contributed by atoms with van der Waals surface area (Å²) in [7, 11) is 1.25. The molecule has 0 fully saturated rings. The zero-order valence-corrected chi connectivity index (χ0v) is 6.75. The van der Waals surface area contributed by atoms with E-state index in [-0.39, 0.29) is 11.3 Å². The molecule has 0 aromatic carbocycles. The van der Waals surface area contributed by atoms with Crippen LogP contribution in [0.2, 0.25) is 0 Å². The number of rotatable bonds is 1. The number of nitrogens with zero attached hydrogens (tertiary/aromatic N) is 1. The van der Waals surface area contributed by atoms with Gasteiger partial charge in [0.05, 0.1) is 7.11 Å². The van der Waals surface area contributed by atoms with Crippen LogP contribution in [0.3, 0.4) is 0 Å². The lowest BCUT2D eigenvalue weighted by Gasteiger charge is -1.96. The molecule has 64 valence electrons. The largest absolute Gasteiger partial charge is 0.464 e. The maximum absolute atomic E-state index is 10.9. The molecule has 5 heteroatoms. The molecule has 0 amide bonds. The summed E-state index contributed by atoms with van der Waals surface area (Å²) >= 11 is 0.